The summed E-state index contributed by atoms with van der Waals surface area (Å²) in [4.78, 5) is 0.660. The van der Waals surface area contributed by atoms with Gasteiger partial charge in [0.1, 0.15) is 6.10 Å². The third-order valence-electron chi connectivity index (χ3n) is 5.40. The van der Waals surface area contributed by atoms with Crippen molar-refractivity contribution in [1.82, 2.24) is 0 Å². The second-order valence-corrected chi connectivity index (χ2v) is 8.43. The first-order valence-corrected chi connectivity index (χ1v) is 10.0. The van der Waals surface area contributed by atoms with Gasteiger partial charge in [0.25, 0.3) is 0 Å². The number of hydrogen-bond acceptors (Lipinski definition) is 7. The zero-order chi connectivity index (χ0) is 19.2. The highest BCUT2D eigenvalue weighted by atomic mass is 79.9. The highest BCUT2D eigenvalue weighted by Gasteiger charge is 2.79. The van der Waals surface area contributed by atoms with Crippen molar-refractivity contribution in [3.05, 3.63) is 20.8 Å². The van der Waals surface area contributed by atoms with Crippen LogP contribution in [0.3, 0.4) is 0 Å². The normalized spacial score (nSPS) is 34.4. The Morgan fingerprint density at radius 1 is 1.27 bits per heavy atom. The second kappa shape index (κ2) is 6.35. The van der Waals surface area contributed by atoms with Gasteiger partial charge in [0.05, 0.1) is 24.1 Å². The van der Waals surface area contributed by atoms with E-state index in [0.717, 1.165) is 10.9 Å². The summed E-state index contributed by atoms with van der Waals surface area (Å²) in [6.45, 7) is 3.84. The van der Waals surface area contributed by atoms with Crippen molar-refractivity contribution in [2.75, 3.05) is 0 Å². The summed E-state index contributed by atoms with van der Waals surface area (Å²) in [7, 11) is 0. The average molecular weight is 433 g/mol. The molecule has 3 heterocycles. The lowest BCUT2D eigenvalue weighted by molar-refractivity contribution is -0.285. The topological polar surface area (TPSA) is 114 Å². The Morgan fingerprint density at radius 3 is 2.42 bits per heavy atom. The van der Waals surface area contributed by atoms with Gasteiger partial charge in [-0.05, 0) is 34.8 Å². The number of nitrogens with one attached hydrogen (secondary N) is 1. The molecule has 1 N–H and O–H groups in total. The summed E-state index contributed by atoms with van der Waals surface area (Å²) in [6, 6.07) is 8.07. The lowest BCUT2D eigenvalue weighted by atomic mass is 9.53. The molecule has 1 aromatic heterocycles. The van der Waals surface area contributed by atoms with Gasteiger partial charge in [-0.3, -0.25) is 5.41 Å². The molecule has 8 heteroatoms. The van der Waals surface area contributed by atoms with Crippen molar-refractivity contribution in [3.8, 4) is 18.2 Å². The summed E-state index contributed by atoms with van der Waals surface area (Å²) >= 11 is 4.74. The number of nitrogens with zero attached hydrogens (tertiary/aromatic N) is 3. The van der Waals surface area contributed by atoms with E-state index in [1.54, 1.807) is 6.07 Å². The van der Waals surface area contributed by atoms with Gasteiger partial charge in [-0.15, -0.1) is 11.3 Å². The predicted molar refractivity (Wildman–Crippen MR) is 97.8 cm³/mol. The molecule has 0 amide bonds. The van der Waals surface area contributed by atoms with E-state index >= 15 is 0 Å². The number of fused-ring (bicyclic) bond motifs is 2. The second-order valence-electron chi connectivity index (χ2n) is 6.57. The fourth-order valence-corrected chi connectivity index (χ4v) is 5.93. The molecular formula is C18H17BrN4O2S. The van der Waals surface area contributed by atoms with E-state index in [9.17, 15) is 15.8 Å². The Hall–Kier alpha value is -1.92. The molecule has 2 bridgehead atoms. The third-order valence-corrected chi connectivity index (χ3v) is 7.14. The molecular weight excluding hydrogens is 416 g/mol. The molecule has 2 aliphatic heterocycles. The molecule has 1 aromatic rings. The monoisotopic (exact) mass is 432 g/mol. The van der Waals surface area contributed by atoms with E-state index in [1.807, 2.05) is 19.2 Å². The minimum Gasteiger partial charge on any atom is -0.447 e. The van der Waals surface area contributed by atoms with E-state index in [1.165, 1.54) is 11.3 Å². The maximum Gasteiger partial charge on any atom is 0.217 e. The van der Waals surface area contributed by atoms with Crippen molar-refractivity contribution in [2.45, 2.75) is 45.0 Å². The molecule has 2 aliphatic rings. The molecule has 0 aliphatic carbocycles. The van der Waals surface area contributed by atoms with E-state index in [0.29, 0.717) is 17.7 Å². The SMILES string of the molecule is CCCC12OC(=N)C(C#N)(C1CC)C(C#N)(C#N)C(c1cc(Br)cs1)O2. The first-order valence-electron chi connectivity index (χ1n) is 8.34. The highest BCUT2D eigenvalue weighted by molar-refractivity contribution is 9.10. The van der Waals surface area contributed by atoms with Crippen LogP contribution in [0.1, 0.15) is 44.1 Å². The minimum atomic E-state index is -1.86. The van der Waals surface area contributed by atoms with Gasteiger partial charge in [-0.25, -0.2) is 0 Å². The number of halogens is 1. The van der Waals surface area contributed by atoms with Gasteiger partial charge in [0, 0.05) is 21.2 Å². The Morgan fingerprint density at radius 2 is 1.96 bits per heavy atom. The molecule has 134 valence electrons. The Kier molecular flexibility index (Phi) is 4.61. The van der Waals surface area contributed by atoms with Crippen molar-refractivity contribution in [1.29, 1.82) is 21.2 Å². The van der Waals surface area contributed by atoms with Gasteiger partial charge < -0.3 is 9.47 Å². The van der Waals surface area contributed by atoms with E-state index < -0.39 is 28.6 Å². The average Bonchev–Trinajstić information content (AvgIpc) is 3.13. The van der Waals surface area contributed by atoms with Crippen LogP contribution in [-0.4, -0.2) is 11.7 Å². The van der Waals surface area contributed by atoms with Crippen LogP contribution in [-0.2, 0) is 9.47 Å². The van der Waals surface area contributed by atoms with Gasteiger partial charge in [0.15, 0.2) is 5.41 Å². The van der Waals surface area contributed by atoms with Gasteiger partial charge in [-0.2, -0.15) is 15.8 Å². The number of thiophene rings is 1. The number of hydrogen-bond donors (Lipinski definition) is 1. The summed E-state index contributed by atoms with van der Waals surface area (Å²) < 4.78 is 13.0. The maximum absolute atomic E-state index is 10.2. The van der Waals surface area contributed by atoms with Gasteiger partial charge in [0.2, 0.25) is 17.1 Å². The lowest BCUT2D eigenvalue weighted by Gasteiger charge is -2.49. The molecule has 0 saturated carbocycles. The number of ether oxygens (including phenoxy) is 2. The largest absolute Gasteiger partial charge is 0.447 e. The van der Waals surface area contributed by atoms with Crippen LogP contribution in [0, 0.1) is 56.2 Å². The van der Waals surface area contributed by atoms with E-state index in [-0.39, 0.29) is 5.90 Å². The van der Waals surface area contributed by atoms with Crippen molar-refractivity contribution >= 4 is 33.2 Å². The van der Waals surface area contributed by atoms with E-state index in [4.69, 9.17) is 14.9 Å². The molecule has 6 nitrogen and oxygen atoms in total. The summed E-state index contributed by atoms with van der Waals surface area (Å²) in [5.41, 5.74) is -3.53. The Labute approximate surface area is 164 Å². The Bertz CT molecular complexity index is 865. The molecule has 4 atom stereocenters. The van der Waals surface area contributed by atoms with Gasteiger partial charge in [-0.1, -0.05) is 13.8 Å². The third kappa shape index (κ3) is 2.06. The van der Waals surface area contributed by atoms with Crippen LogP contribution in [0.15, 0.2) is 15.9 Å². The molecule has 0 radical (unpaired) electrons. The summed E-state index contributed by atoms with van der Waals surface area (Å²) in [5.74, 6) is -2.07. The minimum absolute atomic E-state index is 0.332. The van der Waals surface area contributed by atoms with Crippen LogP contribution in [0.2, 0.25) is 0 Å². The summed E-state index contributed by atoms with van der Waals surface area (Å²) in [5, 5.41) is 40.6. The maximum atomic E-state index is 10.2. The molecule has 0 spiro atoms. The van der Waals surface area contributed by atoms with Crippen LogP contribution >= 0.6 is 27.3 Å². The zero-order valence-electron chi connectivity index (χ0n) is 14.4. The Balaban J connectivity index is 2.33. The number of rotatable bonds is 4. The van der Waals surface area contributed by atoms with Crippen LogP contribution in [0.4, 0.5) is 0 Å². The molecule has 2 fully saturated rings. The van der Waals surface area contributed by atoms with Crippen molar-refractivity contribution in [2.24, 2.45) is 16.7 Å². The molecule has 3 rings (SSSR count). The first-order chi connectivity index (χ1) is 12.4. The molecule has 0 aromatic carbocycles. The smallest absolute Gasteiger partial charge is 0.217 e. The highest BCUT2D eigenvalue weighted by Crippen LogP contribution is 2.68. The molecule has 4 unspecified atom stereocenters. The standard InChI is InChI=1S/C18H17BrN4O2S/c1-3-5-18-13(4-2)17(10-22,15(23)25-18)16(8-20,9-21)14(24-18)12-6-11(19)7-26-12/h6-7,13-14,23H,3-5H2,1-2H3. The van der Waals surface area contributed by atoms with Crippen molar-refractivity contribution < 1.29 is 9.47 Å². The zero-order valence-corrected chi connectivity index (χ0v) is 16.8. The van der Waals surface area contributed by atoms with Crippen molar-refractivity contribution in [3.63, 3.8) is 0 Å². The molecule has 26 heavy (non-hydrogen) atoms. The predicted octanol–water partition coefficient (Wildman–Crippen LogP) is 4.66. The van der Waals surface area contributed by atoms with Gasteiger partial charge >= 0.3 is 0 Å². The quantitative estimate of drug-likeness (QED) is 0.742. The fraction of sp³-hybridized carbons (Fsp3) is 0.556. The molecule has 2 saturated heterocycles. The lowest BCUT2D eigenvalue weighted by Crippen LogP contribution is -2.59. The summed E-state index contributed by atoms with van der Waals surface area (Å²) in [6.07, 6.45) is 0.693. The fourth-order valence-electron chi connectivity index (χ4n) is 4.39. The number of nitriles is 3. The van der Waals surface area contributed by atoms with Crippen LogP contribution in [0.25, 0.3) is 0 Å². The van der Waals surface area contributed by atoms with Crippen LogP contribution < -0.4 is 0 Å². The first kappa shape index (κ1) is 18.9. The van der Waals surface area contributed by atoms with E-state index in [2.05, 4.69) is 34.1 Å². The van der Waals surface area contributed by atoms with Crippen LogP contribution in [0.5, 0.6) is 0 Å².